The Balaban J connectivity index is 0.000000845. The van der Waals surface area contributed by atoms with Crippen LogP contribution in [0.1, 0.15) is 31.1 Å². The molecule has 13 heavy (non-hydrogen) atoms. The molecule has 0 unspecified atom stereocenters. The Labute approximate surface area is 92.6 Å². The summed E-state index contributed by atoms with van der Waals surface area (Å²) < 4.78 is 6.30. The van der Waals surface area contributed by atoms with Crippen LogP contribution in [0.25, 0.3) is 0 Å². The fourth-order valence-electron chi connectivity index (χ4n) is 1.61. The van der Waals surface area contributed by atoms with E-state index in [1.165, 1.54) is 19.3 Å². The molecular formula is C9H13BrClNO. The zero-order valence-corrected chi connectivity index (χ0v) is 9.66. The van der Waals surface area contributed by atoms with Crippen molar-refractivity contribution in [3.8, 4) is 0 Å². The van der Waals surface area contributed by atoms with E-state index in [9.17, 15) is 0 Å². The largest absolute Gasteiger partial charge is 0.453 e. The monoisotopic (exact) mass is 265 g/mol. The van der Waals surface area contributed by atoms with Gasteiger partial charge in [0.2, 0.25) is 0 Å². The van der Waals surface area contributed by atoms with Crippen LogP contribution in [-0.4, -0.2) is 6.54 Å². The Bertz CT molecular complexity index is 258. The molecule has 1 fully saturated rings. The maximum Gasteiger partial charge on any atom is 0.169 e. The number of piperidine rings is 1. The molecule has 2 heterocycles. The molecule has 2 nitrogen and oxygen atoms in total. The molecule has 0 amide bonds. The fraction of sp³-hybridized carbons (Fsp3) is 0.556. The minimum atomic E-state index is 0. The highest BCUT2D eigenvalue weighted by Gasteiger charge is 2.17. The van der Waals surface area contributed by atoms with Crippen molar-refractivity contribution in [2.75, 3.05) is 6.54 Å². The van der Waals surface area contributed by atoms with Crippen LogP contribution in [-0.2, 0) is 0 Å². The number of nitrogens with one attached hydrogen (secondary N) is 1. The van der Waals surface area contributed by atoms with Crippen molar-refractivity contribution in [3.05, 3.63) is 22.6 Å². The first-order chi connectivity index (χ1) is 5.86. The van der Waals surface area contributed by atoms with Crippen molar-refractivity contribution in [1.29, 1.82) is 0 Å². The quantitative estimate of drug-likeness (QED) is 0.844. The highest BCUT2D eigenvalue weighted by Crippen LogP contribution is 2.26. The molecule has 1 aromatic heterocycles. The first-order valence-electron chi connectivity index (χ1n) is 4.35. The van der Waals surface area contributed by atoms with E-state index < -0.39 is 0 Å². The van der Waals surface area contributed by atoms with Crippen molar-refractivity contribution in [2.24, 2.45) is 0 Å². The van der Waals surface area contributed by atoms with Gasteiger partial charge in [0, 0.05) is 0 Å². The molecule has 0 aromatic carbocycles. The summed E-state index contributed by atoms with van der Waals surface area (Å²) in [5, 5.41) is 3.43. The predicted octanol–water partition coefficient (Wildman–Crippen LogP) is 3.28. The summed E-state index contributed by atoms with van der Waals surface area (Å²) >= 11 is 3.30. The van der Waals surface area contributed by atoms with Crippen LogP contribution in [0.4, 0.5) is 0 Å². The van der Waals surface area contributed by atoms with E-state index in [1.807, 2.05) is 12.1 Å². The highest BCUT2D eigenvalue weighted by molar-refractivity contribution is 9.10. The zero-order valence-electron chi connectivity index (χ0n) is 7.25. The fourth-order valence-corrected chi connectivity index (χ4v) is 1.93. The van der Waals surface area contributed by atoms with Gasteiger partial charge in [-0.15, -0.1) is 12.4 Å². The Hall–Kier alpha value is 0.01000. The van der Waals surface area contributed by atoms with Gasteiger partial charge in [-0.2, -0.15) is 0 Å². The Morgan fingerprint density at radius 1 is 1.38 bits per heavy atom. The van der Waals surface area contributed by atoms with Crippen molar-refractivity contribution in [3.63, 3.8) is 0 Å². The molecule has 0 bridgehead atoms. The molecule has 1 atom stereocenters. The van der Waals surface area contributed by atoms with Gasteiger partial charge < -0.3 is 9.73 Å². The lowest BCUT2D eigenvalue weighted by Crippen LogP contribution is -2.26. The molecular weight excluding hydrogens is 253 g/mol. The minimum Gasteiger partial charge on any atom is -0.453 e. The summed E-state index contributed by atoms with van der Waals surface area (Å²) in [4.78, 5) is 0. The van der Waals surface area contributed by atoms with E-state index in [4.69, 9.17) is 4.42 Å². The van der Waals surface area contributed by atoms with Crippen LogP contribution >= 0.6 is 28.3 Å². The van der Waals surface area contributed by atoms with Gasteiger partial charge in [-0.25, -0.2) is 0 Å². The Morgan fingerprint density at radius 2 is 2.23 bits per heavy atom. The summed E-state index contributed by atoms with van der Waals surface area (Å²) in [6.45, 7) is 1.11. The van der Waals surface area contributed by atoms with Gasteiger partial charge in [-0.3, -0.25) is 0 Å². The number of hydrogen-bond acceptors (Lipinski definition) is 2. The van der Waals surface area contributed by atoms with Crippen LogP contribution in [0.5, 0.6) is 0 Å². The molecule has 0 saturated carbocycles. The maximum absolute atomic E-state index is 5.48. The van der Waals surface area contributed by atoms with Crippen LogP contribution < -0.4 is 5.32 Å². The zero-order chi connectivity index (χ0) is 8.39. The summed E-state index contributed by atoms with van der Waals surface area (Å²) in [6, 6.07) is 4.42. The lowest BCUT2D eigenvalue weighted by Gasteiger charge is -2.21. The van der Waals surface area contributed by atoms with Gasteiger partial charge in [0.05, 0.1) is 6.04 Å². The third-order valence-corrected chi connectivity index (χ3v) is 2.67. The molecule has 74 valence electrons. The molecule has 1 N–H and O–H groups in total. The average molecular weight is 267 g/mol. The first-order valence-corrected chi connectivity index (χ1v) is 5.14. The highest BCUT2D eigenvalue weighted by atomic mass is 79.9. The smallest absolute Gasteiger partial charge is 0.169 e. The number of halogens is 2. The van der Waals surface area contributed by atoms with E-state index in [2.05, 4.69) is 21.2 Å². The predicted molar refractivity (Wildman–Crippen MR) is 58.3 cm³/mol. The normalized spacial score (nSPS) is 22.4. The van der Waals surface area contributed by atoms with Crippen LogP contribution in [0, 0.1) is 0 Å². The van der Waals surface area contributed by atoms with Gasteiger partial charge >= 0.3 is 0 Å². The Morgan fingerprint density at radius 3 is 2.77 bits per heavy atom. The van der Waals surface area contributed by atoms with Crippen molar-refractivity contribution >= 4 is 28.3 Å². The Kier molecular flexibility index (Phi) is 4.29. The van der Waals surface area contributed by atoms with Gasteiger partial charge in [-0.05, 0) is 47.4 Å². The molecule has 1 aliphatic heterocycles. The van der Waals surface area contributed by atoms with Gasteiger partial charge in [-0.1, -0.05) is 6.42 Å². The molecule has 0 spiro atoms. The van der Waals surface area contributed by atoms with Crippen LogP contribution in [0.15, 0.2) is 21.2 Å². The summed E-state index contributed by atoms with van der Waals surface area (Å²) in [6.07, 6.45) is 3.79. The van der Waals surface area contributed by atoms with Crippen molar-refractivity contribution < 1.29 is 4.42 Å². The van der Waals surface area contributed by atoms with Crippen molar-refractivity contribution in [2.45, 2.75) is 25.3 Å². The average Bonchev–Trinajstić information content (AvgIpc) is 2.54. The second kappa shape index (κ2) is 5.03. The summed E-state index contributed by atoms with van der Waals surface area (Å²) in [7, 11) is 0. The third-order valence-electron chi connectivity index (χ3n) is 2.25. The lowest BCUT2D eigenvalue weighted by atomic mass is 10.0. The SMILES string of the molecule is Brc1ccc([C@@H]2CCCCN2)o1.Cl. The van der Waals surface area contributed by atoms with Gasteiger partial charge in [0.15, 0.2) is 4.67 Å². The van der Waals surface area contributed by atoms with E-state index in [1.54, 1.807) is 0 Å². The standard InChI is InChI=1S/C9H12BrNO.ClH/c10-9-5-4-8(12-9)7-3-1-2-6-11-7;/h4-5,7,11H,1-3,6H2;1H/t7-;/m0./s1. The number of hydrogen-bond donors (Lipinski definition) is 1. The summed E-state index contributed by atoms with van der Waals surface area (Å²) in [5.41, 5.74) is 0. The second-order valence-corrected chi connectivity index (χ2v) is 3.93. The molecule has 2 rings (SSSR count). The summed E-state index contributed by atoms with van der Waals surface area (Å²) in [5.74, 6) is 1.06. The van der Waals surface area contributed by atoms with E-state index >= 15 is 0 Å². The number of furan rings is 1. The van der Waals surface area contributed by atoms with Crippen LogP contribution in [0.2, 0.25) is 0 Å². The minimum absolute atomic E-state index is 0. The topological polar surface area (TPSA) is 25.2 Å². The second-order valence-electron chi connectivity index (χ2n) is 3.14. The van der Waals surface area contributed by atoms with E-state index in [0.717, 1.165) is 17.0 Å². The van der Waals surface area contributed by atoms with Crippen LogP contribution in [0.3, 0.4) is 0 Å². The molecule has 0 radical (unpaired) electrons. The van der Waals surface area contributed by atoms with Gasteiger partial charge in [0.1, 0.15) is 5.76 Å². The maximum atomic E-state index is 5.48. The molecule has 1 aromatic rings. The molecule has 0 aliphatic carbocycles. The lowest BCUT2D eigenvalue weighted by molar-refractivity contribution is 0.344. The molecule has 1 aliphatic rings. The number of rotatable bonds is 1. The molecule has 1 saturated heterocycles. The van der Waals surface area contributed by atoms with E-state index in [-0.39, 0.29) is 12.4 Å². The van der Waals surface area contributed by atoms with Crippen molar-refractivity contribution in [1.82, 2.24) is 5.32 Å². The third kappa shape index (κ3) is 2.73. The first kappa shape index (κ1) is 11.1. The van der Waals surface area contributed by atoms with Gasteiger partial charge in [0.25, 0.3) is 0 Å². The molecule has 4 heteroatoms. The van der Waals surface area contributed by atoms with E-state index in [0.29, 0.717) is 6.04 Å².